The first-order valence-corrected chi connectivity index (χ1v) is 7.25. The zero-order valence-corrected chi connectivity index (χ0v) is 12.1. The summed E-state index contributed by atoms with van der Waals surface area (Å²) in [5.41, 5.74) is 5.68. The lowest BCUT2D eigenvalue weighted by atomic mass is 10.2. The SMILES string of the molecule is CCCCCNc1nc(N)nc(NCCCCC)n1. The molecular formula is C13H26N6. The van der Waals surface area contributed by atoms with Gasteiger partial charge < -0.3 is 16.4 Å². The number of anilines is 3. The molecule has 108 valence electrons. The molecule has 6 nitrogen and oxygen atoms in total. The maximum absolute atomic E-state index is 5.68. The molecule has 0 unspecified atom stereocenters. The molecule has 0 aromatic carbocycles. The Balaban J connectivity index is 2.41. The fourth-order valence-corrected chi connectivity index (χ4v) is 1.70. The van der Waals surface area contributed by atoms with Crippen molar-refractivity contribution >= 4 is 17.8 Å². The number of aromatic nitrogens is 3. The Morgan fingerprint density at radius 2 is 1.26 bits per heavy atom. The second kappa shape index (κ2) is 9.35. The van der Waals surface area contributed by atoms with Gasteiger partial charge in [0.1, 0.15) is 0 Å². The minimum absolute atomic E-state index is 0.256. The molecule has 1 heterocycles. The van der Waals surface area contributed by atoms with Crippen molar-refractivity contribution in [3.63, 3.8) is 0 Å². The summed E-state index contributed by atoms with van der Waals surface area (Å²) in [6.45, 7) is 6.09. The predicted octanol–water partition coefficient (Wildman–Crippen LogP) is 2.66. The van der Waals surface area contributed by atoms with Gasteiger partial charge in [-0.05, 0) is 12.8 Å². The average Bonchev–Trinajstić information content (AvgIpc) is 2.39. The van der Waals surface area contributed by atoms with Crippen LogP contribution in [0.1, 0.15) is 52.4 Å². The number of hydrogen-bond acceptors (Lipinski definition) is 6. The smallest absolute Gasteiger partial charge is 0.229 e. The third-order valence-corrected chi connectivity index (χ3v) is 2.78. The van der Waals surface area contributed by atoms with Crippen LogP contribution in [0.25, 0.3) is 0 Å². The zero-order valence-electron chi connectivity index (χ0n) is 12.1. The van der Waals surface area contributed by atoms with Crippen molar-refractivity contribution in [2.45, 2.75) is 52.4 Å². The summed E-state index contributed by atoms with van der Waals surface area (Å²) in [5, 5.41) is 6.36. The molecule has 6 heteroatoms. The molecule has 0 amide bonds. The highest BCUT2D eigenvalue weighted by Crippen LogP contribution is 2.07. The van der Waals surface area contributed by atoms with Crippen LogP contribution in [0.15, 0.2) is 0 Å². The van der Waals surface area contributed by atoms with E-state index in [0.29, 0.717) is 11.9 Å². The minimum Gasteiger partial charge on any atom is -0.368 e. The van der Waals surface area contributed by atoms with Crippen molar-refractivity contribution in [3.05, 3.63) is 0 Å². The van der Waals surface area contributed by atoms with E-state index < -0.39 is 0 Å². The highest BCUT2D eigenvalue weighted by atomic mass is 15.2. The van der Waals surface area contributed by atoms with Crippen LogP contribution in [0.2, 0.25) is 0 Å². The molecule has 0 bridgehead atoms. The van der Waals surface area contributed by atoms with Gasteiger partial charge in [0.2, 0.25) is 17.8 Å². The molecule has 4 N–H and O–H groups in total. The Bertz CT molecular complexity index is 325. The first kappa shape index (κ1) is 15.5. The van der Waals surface area contributed by atoms with E-state index in [1.54, 1.807) is 0 Å². The van der Waals surface area contributed by atoms with E-state index in [9.17, 15) is 0 Å². The molecule has 0 aliphatic carbocycles. The van der Waals surface area contributed by atoms with Gasteiger partial charge in [0.25, 0.3) is 0 Å². The molecule has 0 saturated heterocycles. The summed E-state index contributed by atoms with van der Waals surface area (Å²) in [5.74, 6) is 1.37. The van der Waals surface area contributed by atoms with Crippen molar-refractivity contribution in [1.29, 1.82) is 0 Å². The van der Waals surface area contributed by atoms with Gasteiger partial charge in [-0.1, -0.05) is 39.5 Å². The number of nitrogens with two attached hydrogens (primary N) is 1. The van der Waals surface area contributed by atoms with Crippen molar-refractivity contribution in [3.8, 4) is 0 Å². The number of nitrogen functional groups attached to an aromatic ring is 1. The van der Waals surface area contributed by atoms with Gasteiger partial charge in [0.05, 0.1) is 0 Å². The Labute approximate surface area is 115 Å². The van der Waals surface area contributed by atoms with E-state index >= 15 is 0 Å². The van der Waals surface area contributed by atoms with Crippen molar-refractivity contribution in [1.82, 2.24) is 15.0 Å². The lowest BCUT2D eigenvalue weighted by molar-refractivity contribution is 0.736. The van der Waals surface area contributed by atoms with Crippen LogP contribution in [0.5, 0.6) is 0 Å². The highest BCUT2D eigenvalue weighted by Gasteiger charge is 2.03. The first-order chi connectivity index (χ1) is 9.26. The third-order valence-electron chi connectivity index (χ3n) is 2.78. The van der Waals surface area contributed by atoms with Gasteiger partial charge >= 0.3 is 0 Å². The fourth-order valence-electron chi connectivity index (χ4n) is 1.70. The van der Waals surface area contributed by atoms with Crippen molar-refractivity contribution in [2.75, 3.05) is 29.5 Å². The first-order valence-electron chi connectivity index (χ1n) is 7.25. The summed E-state index contributed by atoms with van der Waals surface area (Å²) < 4.78 is 0. The molecule has 1 aromatic rings. The summed E-state index contributed by atoms with van der Waals surface area (Å²) in [6.07, 6.45) is 7.03. The van der Waals surface area contributed by atoms with Gasteiger partial charge in [0, 0.05) is 13.1 Å². The normalized spacial score (nSPS) is 10.4. The van der Waals surface area contributed by atoms with E-state index in [1.807, 2.05) is 0 Å². The van der Waals surface area contributed by atoms with Crippen LogP contribution in [0.3, 0.4) is 0 Å². The second-order valence-electron chi connectivity index (χ2n) is 4.61. The molecule has 0 saturated carbocycles. The van der Waals surface area contributed by atoms with E-state index in [0.717, 1.165) is 25.9 Å². The van der Waals surface area contributed by atoms with Crippen LogP contribution in [-0.4, -0.2) is 28.0 Å². The predicted molar refractivity (Wildman–Crippen MR) is 80.3 cm³/mol. The standard InChI is InChI=1S/C13H26N6/c1-3-5-7-9-15-12-17-11(14)18-13(19-12)16-10-8-6-4-2/h3-10H2,1-2H3,(H4,14,15,16,17,18,19). The molecule has 1 rings (SSSR count). The lowest BCUT2D eigenvalue weighted by Crippen LogP contribution is -2.12. The van der Waals surface area contributed by atoms with E-state index in [-0.39, 0.29) is 5.95 Å². The summed E-state index contributed by atoms with van der Waals surface area (Å²) >= 11 is 0. The van der Waals surface area contributed by atoms with E-state index in [4.69, 9.17) is 5.73 Å². The summed E-state index contributed by atoms with van der Waals surface area (Å²) in [4.78, 5) is 12.5. The highest BCUT2D eigenvalue weighted by molar-refractivity contribution is 5.39. The van der Waals surface area contributed by atoms with Gasteiger partial charge in [-0.2, -0.15) is 15.0 Å². The summed E-state index contributed by atoms with van der Waals surface area (Å²) in [6, 6.07) is 0. The number of unbranched alkanes of at least 4 members (excludes halogenated alkanes) is 4. The fraction of sp³-hybridized carbons (Fsp3) is 0.769. The summed E-state index contributed by atoms with van der Waals surface area (Å²) in [7, 11) is 0. The van der Waals surface area contributed by atoms with Crippen LogP contribution in [-0.2, 0) is 0 Å². The van der Waals surface area contributed by atoms with Gasteiger partial charge in [-0.15, -0.1) is 0 Å². The van der Waals surface area contributed by atoms with Crippen LogP contribution in [0, 0.1) is 0 Å². The Hall–Kier alpha value is -1.59. The zero-order chi connectivity index (χ0) is 13.9. The number of hydrogen-bond donors (Lipinski definition) is 3. The molecular weight excluding hydrogens is 240 g/mol. The molecule has 19 heavy (non-hydrogen) atoms. The average molecular weight is 266 g/mol. The molecule has 0 spiro atoms. The molecule has 0 aliphatic rings. The maximum Gasteiger partial charge on any atom is 0.229 e. The maximum atomic E-state index is 5.68. The number of nitrogens with zero attached hydrogens (tertiary/aromatic N) is 3. The van der Waals surface area contributed by atoms with Crippen LogP contribution >= 0.6 is 0 Å². The van der Waals surface area contributed by atoms with Crippen LogP contribution in [0.4, 0.5) is 17.8 Å². The monoisotopic (exact) mass is 266 g/mol. The number of nitrogens with one attached hydrogen (secondary N) is 2. The lowest BCUT2D eigenvalue weighted by Gasteiger charge is -2.08. The van der Waals surface area contributed by atoms with Gasteiger partial charge in [0.15, 0.2) is 0 Å². The Morgan fingerprint density at radius 1 is 0.789 bits per heavy atom. The van der Waals surface area contributed by atoms with Gasteiger partial charge in [-0.3, -0.25) is 0 Å². The Kier molecular flexibility index (Phi) is 7.62. The molecule has 0 aliphatic heterocycles. The van der Waals surface area contributed by atoms with Gasteiger partial charge in [-0.25, -0.2) is 0 Å². The molecule has 0 atom stereocenters. The van der Waals surface area contributed by atoms with Crippen molar-refractivity contribution < 1.29 is 0 Å². The Morgan fingerprint density at radius 3 is 1.68 bits per heavy atom. The van der Waals surface area contributed by atoms with Crippen LogP contribution < -0.4 is 16.4 Å². The topological polar surface area (TPSA) is 88.8 Å². The largest absolute Gasteiger partial charge is 0.368 e. The van der Waals surface area contributed by atoms with E-state index in [2.05, 4.69) is 39.4 Å². The van der Waals surface area contributed by atoms with Crippen molar-refractivity contribution in [2.24, 2.45) is 0 Å². The third kappa shape index (κ3) is 6.79. The second-order valence-corrected chi connectivity index (χ2v) is 4.61. The molecule has 0 radical (unpaired) electrons. The minimum atomic E-state index is 0.256. The van der Waals surface area contributed by atoms with E-state index in [1.165, 1.54) is 25.7 Å². The quantitative estimate of drug-likeness (QED) is 0.564. The molecule has 1 aromatic heterocycles. The number of rotatable bonds is 10. The molecule has 0 fully saturated rings.